The van der Waals surface area contributed by atoms with Gasteiger partial charge in [-0.05, 0) is 76.5 Å². The molecule has 0 spiro atoms. The lowest BCUT2D eigenvalue weighted by Gasteiger charge is -2.33. The van der Waals surface area contributed by atoms with Gasteiger partial charge in [-0.25, -0.2) is 4.98 Å². The van der Waals surface area contributed by atoms with E-state index in [2.05, 4.69) is 20.5 Å². The number of anilines is 1. The Balaban J connectivity index is 1.57. The lowest BCUT2D eigenvalue weighted by Crippen LogP contribution is -2.46. The van der Waals surface area contributed by atoms with Crippen molar-refractivity contribution in [2.24, 2.45) is 5.92 Å². The summed E-state index contributed by atoms with van der Waals surface area (Å²) in [4.78, 5) is 30.5. The van der Waals surface area contributed by atoms with Crippen molar-refractivity contribution < 1.29 is 22.8 Å². The Morgan fingerprint density at radius 1 is 1.06 bits per heavy atom. The summed E-state index contributed by atoms with van der Waals surface area (Å²) in [5.74, 6) is -0.606. The Kier molecular flexibility index (Phi) is 7.41. The van der Waals surface area contributed by atoms with Crippen LogP contribution in [0.3, 0.4) is 0 Å². The highest BCUT2D eigenvalue weighted by Gasteiger charge is 2.33. The van der Waals surface area contributed by atoms with Gasteiger partial charge in [-0.2, -0.15) is 13.2 Å². The smallest absolute Gasteiger partial charge is 0.351 e. The molecule has 1 aliphatic heterocycles. The highest BCUT2D eigenvalue weighted by molar-refractivity contribution is 6.02. The molecule has 178 valence electrons. The lowest BCUT2D eigenvalue weighted by atomic mass is 9.94. The van der Waals surface area contributed by atoms with Crippen LogP contribution in [0.2, 0.25) is 0 Å². The zero-order chi connectivity index (χ0) is 24.2. The van der Waals surface area contributed by atoms with Crippen LogP contribution in [0.4, 0.5) is 18.9 Å². The van der Waals surface area contributed by atoms with E-state index in [-0.39, 0.29) is 23.1 Å². The summed E-state index contributed by atoms with van der Waals surface area (Å²) in [6, 6.07) is 10.4. The van der Waals surface area contributed by atoms with Gasteiger partial charge < -0.3 is 10.6 Å². The number of pyridine rings is 1. The standard InChI is InChI=1S/C24H29F3N4O2/c1-23(2,3)30-21(32)17-10-12-31(13-11-17)15-16-6-4-7-18(14-16)28-22(33)19-8-5-9-20(29-19)24(25,26)27/h4-9,14,17H,10-13,15H2,1-3H3,(H,28,33)(H,30,32). The van der Waals surface area contributed by atoms with E-state index in [1.54, 1.807) is 18.2 Å². The van der Waals surface area contributed by atoms with Crippen molar-refractivity contribution in [2.75, 3.05) is 18.4 Å². The molecule has 9 heteroatoms. The van der Waals surface area contributed by atoms with Crippen LogP contribution in [0.5, 0.6) is 0 Å². The largest absolute Gasteiger partial charge is 0.433 e. The Morgan fingerprint density at radius 2 is 1.73 bits per heavy atom. The number of carbonyl (C=O) groups is 2. The van der Waals surface area contributed by atoms with Gasteiger partial charge in [-0.15, -0.1) is 0 Å². The fraction of sp³-hybridized carbons (Fsp3) is 0.458. The van der Waals surface area contributed by atoms with Gasteiger partial charge in [0.1, 0.15) is 11.4 Å². The predicted octanol–water partition coefficient (Wildman–Crippen LogP) is 4.48. The third-order valence-corrected chi connectivity index (χ3v) is 5.32. The Labute approximate surface area is 191 Å². The Morgan fingerprint density at radius 3 is 2.36 bits per heavy atom. The summed E-state index contributed by atoms with van der Waals surface area (Å²) in [7, 11) is 0. The number of hydrogen-bond donors (Lipinski definition) is 2. The van der Waals surface area contributed by atoms with Gasteiger partial charge in [0.05, 0.1) is 0 Å². The molecule has 0 aliphatic carbocycles. The first-order valence-electron chi connectivity index (χ1n) is 10.9. The van der Waals surface area contributed by atoms with E-state index < -0.39 is 17.8 Å². The number of hydrogen-bond acceptors (Lipinski definition) is 4. The summed E-state index contributed by atoms with van der Waals surface area (Å²) in [5.41, 5.74) is -0.212. The third kappa shape index (κ3) is 7.28. The molecule has 1 fully saturated rings. The van der Waals surface area contributed by atoms with Crippen molar-refractivity contribution in [2.45, 2.75) is 51.9 Å². The molecule has 1 aromatic carbocycles. The quantitative estimate of drug-likeness (QED) is 0.687. The number of nitrogens with zero attached hydrogens (tertiary/aromatic N) is 2. The summed E-state index contributed by atoms with van der Waals surface area (Å²) >= 11 is 0. The zero-order valence-electron chi connectivity index (χ0n) is 19.0. The second kappa shape index (κ2) is 9.91. The highest BCUT2D eigenvalue weighted by atomic mass is 19.4. The van der Waals surface area contributed by atoms with E-state index in [9.17, 15) is 22.8 Å². The predicted molar refractivity (Wildman–Crippen MR) is 120 cm³/mol. The molecule has 1 aromatic heterocycles. The van der Waals surface area contributed by atoms with Crippen molar-refractivity contribution in [3.05, 3.63) is 59.4 Å². The van der Waals surface area contributed by atoms with Gasteiger partial charge in [-0.1, -0.05) is 18.2 Å². The van der Waals surface area contributed by atoms with Crippen LogP contribution < -0.4 is 10.6 Å². The average Bonchev–Trinajstić information content (AvgIpc) is 2.73. The minimum Gasteiger partial charge on any atom is -0.351 e. The number of rotatable bonds is 5. The second-order valence-electron chi connectivity index (χ2n) is 9.35. The van der Waals surface area contributed by atoms with E-state index in [1.165, 1.54) is 6.07 Å². The maximum atomic E-state index is 12.9. The van der Waals surface area contributed by atoms with Gasteiger partial charge in [0.2, 0.25) is 5.91 Å². The first kappa shape index (κ1) is 24.7. The molecule has 1 saturated heterocycles. The van der Waals surface area contributed by atoms with Gasteiger partial charge >= 0.3 is 6.18 Å². The lowest BCUT2D eigenvalue weighted by molar-refractivity contribution is -0.141. The topological polar surface area (TPSA) is 74.3 Å². The van der Waals surface area contributed by atoms with Crippen LogP contribution in [-0.2, 0) is 17.5 Å². The number of halogens is 3. The molecule has 0 radical (unpaired) electrons. The van der Waals surface area contributed by atoms with Crippen LogP contribution in [0, 0.1) is 5.92 Å². The maximum Gasteiger partial charge on any atom is 0.433 e. The molecule has 0 atom stereocenters. The molecule has 2 N–H and O–H groups in total. The third-order valence-electron chi connectivity index (χ3n) is 5.32. The number of aromatic nitrogens is 1. The molecule has 1 aliphatic rings. The minimum atomic E-state index is -4.61. The molecule has 6 nitrogen and oxygen atoms in total. The van der Waals surface area contributed by atoms with Crippen LogP contribution in [-0.4, -0.2) is 40.3 Å². The van der Waals surface area contributed by atoms with Crippen molar-refractivity contribution in [3.8, 4) is 0 Å². The molecule has 0 bridgehead atoms. The summed E-state index contributed by atoms with van der Waals surface area (Å²) in [6.07, 6.45) is -3.06. The van der Waals surface area contributed by atoms with Gasteiger partial charge in [0.15, 0.2) is 0 Å². The molecule has 2 aromatic rings. The normalized spacial score (nSPS) is 15.8. The zero-order valence-corrected chi connectivity index (χ0v) is 19.0. The molecule has 33 heavy (non-hydrogen) atoms. The molecule has 3 rings (SSSR count). The minimum absolute atomic E-state index is 0.00561. The van der Waals surface area contributed by atoms with E-state index in [1.807, 2.05) is 26.8 Å². The van der Waals surface area contributed by atoms with Crippen LogP contribution in [0.1, 0.15) is 55.4 Å². The molecular weight excluding hydrogens is 433 g/mol. The van der Waals surface area contributed by atoms with E-state index in [0.29, 0.717) is 12.2 Å². The Hall–Kier alpha value is -2.94. The number of piperidine rings is 1. The van der Waals surface area contributed by atoms with Crippen molar-refractivity contribution >= 4 is 17.5 Å². The highest BCUT2D eigenvalue weighted by Crippen LogP contribution is 2.27. The number of amides is 2. The van der Waals surface area contributed by atoms with Crippen molar-refractivity contribution in [1.29, 1.82) is 0 Å². The van der Waals surface area contributed by atoms with Gasteiger partial charge in [-0.3, -0.25) is 14.5 Å². The maximum absolute atomic E-state index is 12.9. The summed E-state index contributed by atoms with van der Waals surface area (Å²) in [6.45, 7) is 8.12. The average molecular weight is 463 g/mol. The number of carbonyl (C=O) groups excluding carboxylic acids is 2. The number of nitrogens with one attached hydrogen (secondary N) is 2. The SMILES string of the molecule is CC(C)(C)NC(=O)C1CCN(Cc2cccc(NC(=O)c3cccc(C(F)(F)F)n3)c2)CC1. The van der Waals surface area contributed by atoms with E-state index in [0.717, 1.165) is 43.6 Å². The molecule has 2 heterocycles. The van der Waals surface area contributed by atoms with Crippen molar-refractivity contribution in [1.82, 2.24) is 15.2 Å². The number of alkyl halides is 3. The van der Waals surface area contributed by atoms with Crippen LogP contribution >= 0.6 is 0 Å². The molecule has 0 unspecified atom stereocenters. The Bertz CT molecular complexity index is 994. The fourth-order valence-electron chi connectivity index (χ4n) is 3.74. The van der Waals surface area contributed by atoms with Crippen molar-refractivity contribution in [3.63, 3.8) is 0 Å². The van der Waals surface area contributed by atoms with E-state index in [4.69, 9.17) is 0 Å². The van der Waals surface area contributed by atoms with Gasteiger partial charge in [0.25, 0.3) is 5.91 Å². The molecular formula is C24H29F3N4O2. The van der Waals surface area contributed by atoms with Gasteiger partial charge in [0, 0.05) is 23.7 Å². The van der Waals surface area contributed by atoms with Crippen LogP contribution in [0.15, 0.2) is 42.5 Å². The van der Waals surface area contributed by atoms with Crippen LogP contribution in [0.25, 0.3) is 0 Å². The summed E-state index contributed by atoms with van der Waals surface area (Å²) < 4.78 is 38.6. The number of benzene rings is 1. The molecule has 2 amide bonds. The summed E-state index contributed by atoms with van der Waals surface area (Å²) in [5, 5.41) is 5.66. The molecule has 0 saturated carbocycles. The first-order chi connectivity index (χ1) is 15.4. The number of likely N-dealkylation sites (tertiary alicyclic amines) is 1. The van der Waals surface area contributed by atoms with E-state index >= 15 is 0 Å². The first-order valence-corrected chi connectivity index (χ1v) is 10.9. The fourth-order valence-corrected chi connectivity index (χ4v) is 3.74. The second-order valence-corrected chi connectivity index (χ2v) is 9.35. The monoisotopic (exact) mass is 462 g/mol.